The van der Waals surface area contributed by atoms with Crippen LogP contribution in [-0.4, -0.2) is 28.8 Å². The molecule has 1 aliphatic heterocycles. The first-order chi connectivity index (χ1) is 12.0. The lowest BCUT2D eigenvalue weighted by Gasteiger charge is -2.14. The number of amides is 1. The molecule has 0 spiro atoms. The minimum atomic E-state index is -0.529. The van der Waals surface area contributed by atoms with Crippen LogP contribution in [0.3, 0.4) is 0 Å². The lowest BCUT2D eigenvalue weighted by Crippen LogP contribution is -2.18. The molecule has 0 radical (unpaired) electrons. The standard InChI is InChI=1S/C18H18ClN3O3/c19-16-8-7-15(22(24)25)11-17(16)20-18(23)14-5-3-13(4-6-14)12-21-9-1-2-10-21/h3-8,11H,1-2,9-10,12H2,(H,20,23). The maximum atomic E-state index is 12.4. The SMILES string of the molecule is O=C(Nc1cc([N+](=O)[O-])ccc1Cl)c1ccc(CN2CCCC2)cc1. The second-order valence-corrected chi connectivity index (χ2v) is 6.46. The Kier molecular flexibility index (Phi) is 5.31. The third-order valence-electron chi connectivity index (χ3n) is 4.23. The highest BCUT2D eigenvalue weighted by Crippen LogP contribution is 2.27. The summed E-state index contributed by atoms with van der Waals surface area (Å²) in [5.74, 6) is -0.352. The molecule has 130 valence electrons. The van der Waals surface area contributed by atoms with Crippen molar-refractivity contribution in [3.63, 3.8) is 0 Å². The number of nitro groups is 1. The molecule has 1 N–H and O–H groups in total. The average Bonchev–Trinajstić information content (AvgIpc) is 3.10. The van der Waals surface area contributed by atoms with E-state index in [-0.39, 0.29) is 22.3 Å². The van der Waals surface area contributed by atoms with Crippen molar-refractivity contribution in [2.45, 2.75) is 19.4 Å². The molecule has 0 atom stereocenters. The van der Waals surface area contributed by atoms with E-state index in [9.17, 15) is 14.9 Å². The smallest absolute Gasteiger partial charge is 0.271 e. The van der Waals surface area contributed by atoms with E-state index in [0.29, 0.717) is 5.56 Å². The van der Waals surface area contributed by atoms with E-state index in [4.69, 9.17) is 11.6 Å². The Hall–Kier alpha value is -2.44. The van der Waals surface area contributed by atoms with Gasteiger partial charge in [-0.15, -0.1) is 0 Å². The number of carbonyl (C=O) groups is 1. The number of halogens is 1. The van der Waals surface area contributed by atoms with Crippen molar-refractivity contribution < 1.29 is 9.72 Å². The van der Waals surface area contributed by atoms with Crippen molar-refractivity contribution in [2.24, 2.45) is 0 Å². The molecular formula is C18H18ClN3O3. The van der Waals surface area contributed by atoms with Gasteiger partial charge >= 0.3 is 0 Å². The molecule has 0 unspecified atom stereocenters. The summed E-state index contributed by atoms with van der Waals surface area (Å²) in [4.78, 5) is 25.1. The summed E-state index contributed by atoms with van der Waals surface area (Å²) in [5, 5.41) is 13.7. The van der Waals surface area contributed by atoms with Crippen LogP contribution in [0, 0.1) is 10.1 Å². The summed E-state index contributed by atoms with van der Waals surface area (Å²) >= 11 is 6.01. The first kappa shape index (κ1) is 17.4. The Morgan fingerprint density at radius 3 is 2.48 bits per heavy atom. The molecular weight excluding hydrogens is 342 g/mol. The van der Waals surface area contributed by atoms with Gasteiger partial charge in [-0.1, -0.05) is 23.7 Å². The number of nitrogens with zero attached hydrogens (tertiary/aromatic N) is 2. The van der Waals surface area contributed by atoms with Gasteiger partial charge in [0.25, 0.3) is 11.6 Å². The second-order valence-electron chi connectivity index (χ2n) is 6.06. The second kappa shape index (κ2) is 7.63. The van der Waals surface area contributed by atoms with E-state index >= 15 is 0 Å². The van der Waals surface area contributed by atoms with E-state index in [1.54, 1.807) is 12.1 Å². The summed E-state index contributed by atoms with van der Waals surface area (Å²) < 4.78 is 0. The third-order valence-corrected chi connectivity index (χ3v) is 4.56. The predicted molar refractivity (Wildman–Crippen MR) is 97.0 cm³/mol. The Balaban J connectivity index is 1.68. The zero-order chi connectivity index (χ0) is 17.8. The molecule has 0 aliphatic carbocycles. The van der Waals surface area contributed by atoms with Crippen LogP contribution >= 0.6 is 11.6 Å². The molecule has 6 nitrogen and oxygen atoms in total. The lowest BCUT2D eigenvalue weighted by molar-refractivity contribution is -0.384. The molecule has 3 rings (SSSR count). The number of hydrogen-bond donors (Lipinski definition) is 1. The topological polar surface area (TPSA) is 75.5 Å². The number of carbonyl (C=O) groups excluding carboxylic acids is 1. The highest BCUT2D eigenvalue weighted by atomic mass is 35.5. The van der Waals surface area contributed by atoms with Crippen molar-refractivity contribution >= 4 is 28.9 Å². The van der Waals surface area contributed by atoms with Crippen LogP contribution < -0.4 is 5.32 Å². The maximum absolute atomic E-state index is 12.4. The highest BCUT2D eigenvalue weighted by Gasteiger charge is 2.14. The molecule has 0 saturated carbocycles. The number of likely N-dealkylation sites (tertiary alicyclic amines) is 1. The zero-order valence-corrected chi connectivity index (χ0v) is 14.3. The molecule has 2 aromatic carbocycles. The number of hydrogen-bond acceptors (Lipinski definition) is 4. The van der Waals surface area contributed by atoms with Crippen LogP contribution in [0.25, 0.3) is 0 Å². The summed E-state index contributed by atoms with van der Waals surface area (Å²) in [6.45, 7) is 3.12. The van der Waals surface area contributed by atoms with E-state index in [1.165, 1.54) is 31.0 Å². The molecule has 2 aromatic rings. The van der Waals surface area contributed by atoms with E-state index < -0.39 is 4.92 Å². The monoisotopic (exact) mass is 359 g/mol. The fraction of sp³-hybridized carbons (Fsp3) is 0.278. The van der Waals surface area contributed by atoms with Crippen molar-refractivity contribution in [1.82, 2.24) is 4.90 Å². The van der Waals surface area contributed by atoms with Crippen LogP contribution in [0.2, 0.25) is 5.02 Å². The number of anilines is 1. The van der Waals surface area contributed by atoms with Gasteiger partial charge in [-0.25, -0.2) is 0 Å². The Morgan fingerprint density at radius 2 is 1.84 bits per heavy atom. The molecule has 0 aromatic heterocycles. The van der Waals surface area contributed by atoms with E-state index in [0.717, 1.165) is 25.2 Å². The van der Waals surface area contributed by atoms with Gasteiger partial charge in [0, 0.05) is 24.2 Å². The number of benzene rings is 2. The number of nitro benzene ring substituents is 1. The molecule has 1 aliphatic rings. The molecule has 1 amide bonds. The van der Waals surface area contributed by atoms with Gasteiger partial charge in [-0.2, -0.15) is 0 Å². The highest BCUT2D eigenvalue weighted by molar-refractivity contribution is 6.34. The van der Waals surface area contributed by atoms with Gasteiger partial charge in [0.15, 0.2) is 0 Å². The molecule has 0 bridgehead atoms. The van der Waals surface area contributed by atoms with Gasteiger partial charge in [0.2, 0.25) is 0 Å². The van der Waals surface area contributed by atoms with Gasteiger partial charge in [0.1, 0.15) is 0 Å². The first-order valence-electron chi connectivity index (χ1n) is 8.09. The lowest BCUT2D eigenvalue weighted by atomic mass is 10.1. The van der Waals surface area contributed by atoms with Crippen molar-refractivity contribution in [1.29, 1.82) is 0 Å². The molecule has 25 heavy (non-hydrogen) atoms. The fourth-order valence-corrected chi connectivity index (χ4v) is 3.04. The molecule has 7 heteroatoms. The quantitative estimate of drug-likeness (QED) is 0.644. The van der Waals surface area contributed by atoms with Gasteiger partial charge in [-0.05, 0) is 49.7 Å². The average molecular weight is 360 g/mol. The van der Waals surface area contributed by atoms with Crippen molar-refractivity contribution in [2.75, 3.05) is 18.4 Å². The Labute approximate surface area is 150 Å². The summed E-state index contributed by atoms with van der Waals surface area (Å²) in [5.41, 5.74) is 1.74. The molecule has 1 fully saturated rings. The Morgan fingerprint density at radius 1 is 1.16 bits per heavy atom. The van der Waals surface area contributed by atoms with Crippen LogP contribution in [0.1, 0.15) is 28.8 Å². The molecule has 1 heterocycles. The van der Waals surface area contributed by atoms with Crippen molar-refractivity contribution in [3.05, 3.63) is 68.7 Å². The van der Waals surface area contributed by atoms with Crippen LogP contribution in [0.5, 0.6) is 0 Å². The minimum Gasteiger partial charge on any atom is -0.320 e. The molecule has 1 saturated heterocycles. The summed E-state index contributed by atoms with van der Waals surface area (Å²) in [6.07, 6.45) is 2.48. The maximum Gasteiger partial charge on any atom is 0.271 e. The zero-order valence-electron chi connectivity index (χ0n) is 13.6. The number of rotatable bonds is 5. The van der Waals surface area contributed by atoms with Gasteiger partial charge in [-0.3, -0.25) is 19.8 Å². The van der Waals surface area contributed by atoms with Crippen molar-refractivity contribution in [3.8, 4) is 0 Å². The predicted octanol–water partition coefficient (Wildman–Crippen LogP) is 4.10. The number of non-ortho nitro benzene ring substituents is 1. The number of nitrogens with one attached hydrogen (secondary N) is 1. The van der Waals surface area contributed by atoms with E-state index in [1.807, 2.05) is 12.1 Å². The normalized spacial score (nSPS) is 14.4. The fourth-order valence-electron chi connectivity index (χ4n) is 2.88. The van der Waals surface area contributed by atoms with Crippen LogP contribution in [-0.2, 0) is 6.54 Å². The Bertz CT molecular complexity index is 787. The largest absolute Gasteiger partial charge is 0.320 e. The van der Waals surface area contributed by atoms with Gasteiger partial charge < -0.3 is 5.32 Å². The summed E-state index contributed by atoms with van der Waals surface area (Å²) in [7, 11) is 0. The van der Waals surface area contributed by atoms with Crippen LogP contribution in [0.4, 0.5) is 11.4 Å². The third kappa shape index (κ3) is 4.35. The first-order valence-corrected chi connectivity index (χ1v) is 8.47. The van der Waals surface area contributed by atoms with E-state index in [2.05, 4.69) is 10.2 Å². The minimum absolute atomic E-state index is 0.124. The van der Waals surface area contributed by atoms with Crippen LogP contribution in [0.15, 0.2) is 42.5 Å². The summed E-state index contributed by atoms with van der Waals surface area (Å²) in [6, 6.07) is 11.3. The van der Waals surface area contributed by atoms with Gasteiger partial charge in [0.05, 0.1) is 15.6 Å².